The number of carbonyl (C=O) groups is 1. The molecule has 0 bridgehead atoms. The first-order valence-electron chi connectivity index (χ1n) is 7.14. The molecule has 1 aliphatic heterocycles. The maximum absolute atomic E-state index is 11.0. The fourth-order valence-electron chi connectivity index (χ4n) is 2.62. The number of fused-ring (bicyclic) bond motifs is 2. The van der Waals surface area contributed by atoms with Gasteiger partial charge in [0.15, 0.2) is 0 Å². The Morgan fingerprint density at radius 3 is 1.91 bits per heavy atom. The zero-order chi connectivity index (χ0) is 16.7. The quantitative estimate of drug-likeness (QED) is 0.671. The van der Waals surface area contributed by atoms with Gasteiger partial charge in [-0.2, -0.15) is 0 Å². The van der Waals surface area contributed by atoms with Crippen LogP contribution in [0, 0.1) is 13.8 Å². The molecule has 0 atom stereocenters. The average Bonchev–Trinajstić information content (AvgIpc) is 2.47. The monoisotopic (exact) mass is 312 g/mol. The second-order valence-electron chi connectivity index (χ2n) is 5.59. The second-order valence-corrected chi connectivity index (χ2v) is 5.59. The van der Waals surface area contributed by atoms with E-state index in [4.69, 9.17) is 9.84 Å². The smallest absolute Gasteiger partial charge is 0.307 e. The van der Waals surface area contributed by atoms with E-state index >= 15 is 0 Å². The lowest BCUT2D eigenvalue weighted by Crippen LogP contribution is -2.04. The van der Waals surface area contributed by atoms with Crippen molar-refractivity contribution < 1.29 is 24.9 Å². The van der Waals surface area contributed by atoms with Gasteiger partial charge in [0.1, 0.15) is 23.0 Å². The van der Waals surface area contributed by atoms with Crippen molar-refractivity contribution in [2.24, 2.45) is 0 Å². The van der Waals surface area contributed by atoms with Gasteiger partial charge in [-0.05, 0) is 42.7 Å². The van der Waals surface area contributed by atoms with Crippen LogP contribution in [-0.4, -0.2) is 21.3 Å². The number of phenolic OH excluding ortho intramolecular Hbond substituents is 2. The molecule has 0 unspecified atom stereocenters. The van der Waals surface area contributed by atoms with Crippen molar-refractivity contribution in [2.75, 3.05) is 0 Å². The van der Waals surface area contributed by atoms with Gasteiger partial charge in [0, 0.05) is 23.3 Å². The van der Waals surface area contributed by atoms with Crippen LogP contribution < -0.4 is 4.74 Å². The number of carboxylic acids is 1. The van der Waals surface area contributed by atoms with Crippen LogP contribution in [0.1, 0.15) is 28.7 Å². The third-order valence-electron chi connectivity index (χ3n) is 3.88. The largest absolute Gasteiger partial charge is 0.508 e. The molecule has 1 aliphatic rings. The molecule has 0 spiro atoms. The summed E-state index contributed by atoms with van der Waals surface area (Å²) in [7, 11) is 0. The molecule has 5 nitrogen and oxygen atoms in total. The molecule has 118 valence electrons. The maximum atomic E-state index is 11.0. The summed E-state index contributed by atoms with van der Waals surface area (Å²) < 4.78 is 5.78. The van der Waals surface area contributed by atoms with E-state index in [9.17, 15) is 15.0 Å². The minimum atomic E-state index is -0.932. The Morgan fingerprint density at radius 1 is 1.00 bits per heavy atom. The van der Waals surface area contributed by atoms with E-state index in [-0.39, 0.29) is 17.9 Å². The second kappa shape index (κ2) is 5.35. The number of hydrogen-bond donors (Lipinski definition) is 3. The van der Waals surface area contributed by atoms with E-state index in [0.717, 1.165) is 16.7 Å². The van der Waals surface area contributed by atoms with Crippen LogP contribution in [0.3, 0.4) is 0 Å². The Hall–Kier alpha value is -2.95. The third-order valence-corrected chi connectivity index (χ3v) is 3.88. The van der Waals surface area contributed by atoms with E-state index in [2.05, 4.69) is 0 Å². The Morgan fingerprint density at radius 2 is 1.48 bits per heavy atom. The summed E-state index contributed by atoms with van der Waals surface area (Å²) in [5.74, 6) is 0.126. The number of aromatic hydroxyl groups is 2. The van der Waals surface area contributed by atoms with Crippen LogP contribution in [0.15, 0.2) is 30.3 Å². The summed E-state index contributed by atoms with van der Waals surface area (Å²) in [4.78, 5) is 11.0. The van der Waals surface area contributed by atoms with Gasteiger partial charge in [0.2, 0.25) is 0 Å². The van der Waals surface area contributed by atoms with Gasteiger partial charge in [0.05, 0.1) is 6.42 Å². The minimum Gasteiger partial charge on any atom is -0.508 e. The Bertz CT molecular complexity index is 789. The molecule has 0 aliphatic carbocycles. The standard InChI is InChI=1S/C18H16O5/c1-9-5-12-11(3-4-18(21)22)13-6-10(2)15(20)8-17(13)23-16(12)7-14(9)19/h3,5-8,19-20H,4H2,1-2H3,(H,21,22). The number of carboxylic acid groups (broad SMARTS) is 1. The first-order valence-corrected chi connectivity index (χ1v) is 7.14. The molecular weight excluding hydrogens is 296 g/mol. The molecule has 5 heteroatoms. The van der Waals surface area contributed by atoms with Crippen LogP contribution >= 0.6 is 0 Å². The molecule has 0 fully saturated rings. The first kappa shape index (κ1) is 15.0. The summed E-state index contributed by atoms with van der Waals surface area (Å²) in [6.07, 6.45) is 1.49. The maximum Gasteiger partial charge on any atom is 0.307 e. The minimum absolute atomic E-state index is 0.0983. The molecule has 2 aromatic carbocycles. The van der Waals surface area contributed by atoms with Crippen LogP contribution in [0.25, 0.3) is 5.57 Å². The molecule has 23 heavy (non-hydrogen) atoms. The van der Waals surface area contributed by atoms with Crippen LogP contribution in [-0.2, 0) is 4.79 Å². The van der Waals surface area contributed by atoms with Crippen molar-refractivity contribution in [3.63, 3.8) is 0 Å². The Kier molecular flexibility index (Phi) is 3.48. The number of benzene rings is 2. The number of rotatable bonds is 2. The molecule has 1 heterocycles. The van der Waals surface area contributed by atoms with Crippen molar-refractivity contribution in [1.82, 2.24) is 0 Å². The molecule has 3 rings (SSSR count). The molecule has 3 N–H and O–H groups in total. The van der Waals surface area contributed by atoms with Gasteiger partial charge in [-0.25, -0.2) is 0 Å². The van der Waals surface area contributed by atoms with Gasteiger partial charge in [0.25, 0.3) is 0 Å². The lowest BCUT2D eigenvalue weighted by molar-refractivity contribution is -0.135. The van der Waals surface area contributed by atoms with Gasteiger partial charge >= 0.3 is 5.97 Å². The Balaban J connectivity index is 2.25. The summed E-state index contributed by atoms with van der Waals surface area (Å²) in [5, 5.41) is 28.7. The zero-order valence-corrected chi connectivity index (χ0v) is 12.8. The van der Waals surface area contributed by atoms with Crippen LogP contribution in [0.5, 0.6) is 23.0 Å². The molecular formula is C18H16O5. The highest BCUT2D eigenvalue weighted by Gasteiger charge is 2.24. The van der Waals surface area contributed by atoms with E-state index in [1.165, 1.54) is 12.1 Å². The fraction of sp³-hybridized carbons (Fsp3) is 0.167. The van der Waals surface area contributed by atoms with Gasteiger partial charge in [-0.3, -0.25) is 4.79 Å². The molecule has 2 aromatic rings. The zero-order valence-electron chi connectivity index (χ0n) is 12.8. The van der Waals surface area contributed by atoms with Gasteiger partial charge in [-0.1, -0.05) is 6.08 Å². The molecule has 0 saturated heterocycles. The van der Waals surface area contributed by atoms with E-state index in [1.807, 2.05) is 0 Å². The van der Waals surface area contributed by atoms with Crippen molar-refractivity contribution in [1.29, 1.82) is 0 Å². The van der Waals surface area contributed by atoms with E-state index < -0.39 is 5.97 Å². The van der Waals surface area contributed by atoms with Crippen molar-refractivity contribution >= 4 is 11.5 Å². The highest BCUT2D eigenvalue weighted by atomic mass is 16.5. The SMILES string of the molecule is Cc1cc2c(cc1O)Oc1cc(O)c(C)cc1C2=CCC(=O)O. The van der Waals surface area contributed by atoms with E-state index in [0.29, 0.717) is 22.6 Å². The predicted octanol–water partition coefficient (Wildman–Crippen LogP) is 3.73. The number of phenols is 2. The molecule has 0 aromatic heterocycles. The molecule has 0 saturated carbocycles. The average molecular weight is 312 g/mol. The Labute approximate surface area is 133 Å². The van der Waals surface area contributed by atoms with Crippen LogP contribution in [0.4, 0.5) is 0 Å². The normalized spacial score (nSPS) is 12.2. The first-order chi connectivity index (χ1) is 10.9. The van der Waals surface area contributed by atoms with Crippen molar-refractivity contribution in [3.8, 4) is 23.0 Å². The third kappa shape index (κ3) is 2.61. The molecule has 0 radical (unpaired) electrons. The molecule has 0 amide bonds. The lowest BCUT2D eigenvalue weighted by atomic mass is 9.90. The fourth-order valence-corrected chi connectivity index (χ4v) is 2.62. The van der Waals surface area contributed by atoms with Crippen molar-refractivity contribution in [2.45, 2.75) is 20.3 Å². The number of aliphatic carboxylic acids is 1. The number of hydrogen-bond acceptors (Lipinski definition) is 4. The highest BCUT2D eigenvalue weighted by Crippen LogP contribution is 2.47. The lowest BCUT2D eigenvalue weighted by Gasteiger charge is -2.24. The van der Waals surface area contributed by atoms with Crippen molar-refractivity contribution in [3.05, 3.63) is 52.6 Å². The van der Waals surface area contributed by atoms with E-state index in [1.54, 1.807) is 32.1 Å². The number of ether oxygens (including phenoxy) is 1. The summed E-state index contributed by atoms with van der Waals surface area (Å²) >= 11 is 0. The highest BCUT2D eigenvalue weighted by molar-refractivity contribution is 5.90. The topological polar surface area (TPSA) is 87.0 Å². The van der Waals surface area contributed by atoms with Gasteiger partial charge < -0.3 is 20.1 Å². The predicted molar refractivity (Wildman–Crippen MR) is 85.1 cm³/mol. The van der Waals surface area contributed by atoms with Crippen LogP contribution in [0.2, 0.25) is 0 Å². The summed E-state index contributed by atoms with van der Waals surface area (Å²) in [5.41, 5.74) is 3.51. The summed E-state index contributed by atoms with van der Waals surface area (Å²) in [6, 6.07) is 6.53. The summed E-state index contributed by atoms with van der Waals surface area (Å²) in [6.45, 7) is 3.53. The van der Waals surface area contributed by atoms with Gasteiger partial charge in [-0.15, -0.1) is 0 Å². The number of aryl methyl sites for hydroxylation is 2.